The number of carbonyl (C=O) groups is 3. The van der Waals surface area contributed by atoms with Crippen LogP contribution in [0, 0.1) is 13.8 Å². The number of piperazine rings is 1. The minimum Gasteiger partial charge on any atom is -0.497 e. The zero-order valence-electron chi connectivity index (χ0n) is 27.7. The summed E-state index contributed by atoms with van der Waals surface area (Å²) in [4.78, 5) is 46.9. The van der Waals surface area contributed by atoms with Crippen LogP contribution in [0.3, 0.4) is 0 Å². The molecule has 2 aliphatic rings. The van der Waals surface area contributed by atoms with E-state index in [-0.39, 0.29) is 24.3 Å². The van der Waals surface area contributed by atoms with Crippen LogP contribution in [0.4, 0.5) is 16.3 Å². The smallest absolute Gasteiger partial charge is 0.336 e. The number of esters is 1. The lowest BCUT2D eigenvalue weighted by atomic mass is 9.99. The highest BCUT2D eigenvalue weighted by Crippen LogP contribution is 2.26. The van der Waals surface area contributed by atoms with E-state index in [9.17, 15) is 14.4 Å². The summed E-state index contributed by atoms with van der Waals surface area (Å²) in [7, 11) is 1.62. The molecule has 1 saturated heterocycles. The molecule has 11 nitrogen and oxygen atoms in total. The minimum atomic E-state index is -0.425. The first-order chi connectivity index (χ1) is 23.2. The van der Waals surface area contributed by atoms with Gasteiger partial charge in [-0.1, -0.05) is 36.9 Å². The molecule has 2 aromatic heterocycles. The van der Waals surface area contributed by atoms with E-state index in [0.717, 1.165) is 33.8 Å². The number of amides is 3. The fourth-order valence-electron chi connectivity index (χ4n) is 5.48. The highest BCUT2D eigenvalue weighted by molar-refractivity contribution is 6.03. The van der Waals surface area contributed by atoms with Crippen LogP contribution in [-0.2, 0) is 9.53 Å². The molecular formula is C37H41N5O6. The number of urea groups is 1. The van der Waals surface area contributed by atoms with Gasteiger partial charge in [0.1, 0.15) is 17.3 Å². The third kappa shape index (κ3) is 7.86. The second-order valence-corrected chi connectivity index (χ2v) is 11.5. The number of anilines is 2. The fourth-order valence-corrected chi connectivity index (χ4v) is 5.48. The van der Waals surface area contributed by atoms with Crippen molar-refractivity contribution in [1.82, 2.24) is 15.2 Å². The van der Waals surface area contributed by atoms with E-state index < -0.39 is 12.0 Å². The summed E-state index contributed by atoms with van der Waals surface area (Å²) in [6, 6.07) is 10.6. The first kappa shape index (κ1) is 33.8. The summed E-state index contributed by atoms with van der Waals surface area (Å²) in [5, 5.41) is 5.86. The van der Waals surface area contributed by atoms with Crippen LogP contribution in [-0.4, -0.2) is 73.7 Å². The monoisotopic (exact) mass is 651 g/mol. The number of nitrogens with one attached hydrogen (secondary N) is 2. The molecule has 5 rings (SSSR count). The highest BCUT2D eigenvalue weighted by atomic mass is 16.5. The van der Waals surface area contributed by atoms with Crippen LogP contribution in [0.1, 0.15) is 46.3 Å². The number of hydrogen-bond donors (Lipinski definition) is 2. The molecule has 3 aromatic rings. The van der Waals surface area contributed by atoms with E-state index in [4.69, 9.17) is 13.9 Å². The molecule has 1 aliphatic heterocycles. The molecule has 1 aliphatic carbocycles. The summed E-state index contributed by atoms with van der Waals surface area (Å²) < 4.78 is 16.3. The molecule has 0 spiro atoms. The van der Waals surface area contributed by atoms with Gasteiger partial charge in [-0.3, -0.25) is 4.79 Å². The van der Waals surface area contributed by atoms with Crippen molar-refractivity contribution >= 4 is 41.1 Å². The molecule has 1 fully saturated rings. The Balaban J connectivity index is 1.13. The van der Waals surface area contributed by atoms with E-state index in [2.05, 4.69) is 27.1 Å². The van der Waals surface area contributed by atoms with E-state index in [0.29, 0.717) is 49.6 Å². The van der Waals surface area contributed by atoms with Crippen molar-refractivity contribution in [2.45, 2.75) is 33.2 Å². The van der Waals surface area contributed by atoms with Gasteiger partial charge >= 0.3 is 12.0 Å². The van der Waals surface area contributed by atoms with Crippen molar-refractivity contribution in [3.63, 3.8) is 0 Å². The van der Waals surface area contributed by atoms with Crippen molar-refractivity contribution in [3.05, 3.63) is 107 Å². The molecule has 1 atom stereocenters. The van der Waals surface area contributed by atoms with Crippen LogP contribution >= 0.6 is 0 Å². The van der Waals surface area contributed by atoms with Gasteiger partial charge < -0.3 is 34.3 Å². The maximum absolute atomic E-state index is 13.2. The van der Waals surface area contributed by atoms with Gasteiger partial charge in [-0.2, -0.15) is 0 Å². The molecule has 0 saturated carbocycles. The number of carbonyl (C=O) groups excluding carboxylic acids is 3. The van der Waals surface area contributed by atoms with Crippen molar-refractivity contribution in [2.75, 3.05) is 50.1 Å². The van der Waals surface area contributed by atoms with Crippen LogP contribution < -0.4 is 20.3 Å². The van der Waals surface area contributed by atoms with E-state index >= 15 is 0 Å². The third-order valence-electron chi connectivity index (χ3n) is 8.45. The van der Waals surface area contributed by atoms with Crippen LogP contribution in [0.2, 0.25) is 0 Å². The number of allylic oxidation sites excluding steroid dienone is 4. The van der Waals surface area contributed by atoms with E-state index in [1.165, 1.54) is 0 Å². The summed E-state index contributed by atoms with van der Waals surface area (Å²) in [6.07, 6.45) is 11.2. The third-order valence-corrected chi connectivity index (χ3v) is 8.45. The molecule has 1 unspecified atom stereocenters. The van der Waals surface area contributed by atoms with Gasteiger partial charge in [0.2, 0.25) is 0 Å². The number of aromatic nitrogens is 1. The summed E-state index contributed by atoms with van der Waals surface area (Å²) in [5.74, 6) is 1.55. The second kappa shape index (κ2) is 15.3. The molecule has 250 valence electrons. The predicted molar refractivity (Wildman–Crippen MR) is 186 cm³/mol. The number of furan rings is 1. The zero-order chi connectivity index (χ0) is 34.2. The highest BCUT2D eigenvalue weighted by Gasteiger charge is 2.28. The lowest BCUT2D eigenvalue weighted by molar-refractivity contribution is -0.138. The zero-order valence-corrected chi connectivity index (χ0v) is 27.7. The molecule has 3 heterocycles. The number of benzene rings is 1. The Hall–Kier alpha value is -5.58. The van der Waals surface area contributed by atoms with Crippen molar-refractivity contribution in [1.29, 1.82) is 0 Å². The van der Waals surface area contributed by atoms with E-state index in [1.54, 1.807) is 43.3 Å². The molecule has 1 aromatic carbocycles. The molecular weight excluding hydrogens is 610 g/mol. The normalized spacial score (nSPS) is 16.0. The number of rotatable bonds is 10. The standard InChI is InChI=1S/C37H41N5O6/c1-6-47-36(44)30-9-7-8-10-31(30)40-37(45)42-21-19-41(20-22-42)33-18-14-28(23-38-33)39-35(43)34-26(4)25(3)32(48-34)17-11-24(2)27-12-15-29(46-5)16-13-27/h7-9,11-18,23,31H,2,6,10,19-22H2,1,3-5H3,(H,39,43)(H,40,45)/b17-11-. The minimum absolute atomic E-state index is 0.222. The maximum atomic E-state index is 13.2. The number of ether oxygens (including phenoxy) is 2. The summed E-state index contributed by atoms with van der Waals surface area (Å²) in [5.41, 5.74) is 4.35. The Morgan fingerprint density at radius 1 is 1.06 bits per heavy atom. The first-order valence-electron chi connectivity index (χ1n) is 15.9. The average molecular weight is 652 g/mol. The number of hydrogen-bond acceptors (Lipinski definition) is 8. The topological polar surface area (TPSA) is 126 Å². The molecule has 2 N–H and O–H groups in total. The Morgan fingerprint density at radius 2 is 1.81 bits per heavy atom. The maximum Gasteiger partial charge on any atom is 0.336 e. The number of nitrogens with zero attached hydrogens (tertiary/aromatic N) is 3. The Morgan fingerprint density at radius 3 is 2.48 bits per heavy atom. The van der Waals surface area contributed by atoms with Crippen LogP contribution in [0.15, 0.2) is 83.5 Å². The van der Waals surface area contributed by atoms with Gasteiger partial charge in [-0.25, -0.2) is 14.6 Å². The Bertz CT molecular complexity index is 1750. The van der Waals surface area contributed by atoms with Gasteiger partial charge in [0, 0.05) is 31.7 Å². The fraction of sp³-hybridized carbons (Fsp3) is 0.297. The largest absolute Gasteiger partial charge is 0.497 e. The van der Waals surface area contributed by atoms with Gasteiger partial charge in [0.25, 0.3) is 5.91 Å². The summed E-state index contributed by atoms with van der Waals surface area (Å²) >= 11 is 0. The Kier molecular flexibility index (Phi) is 10.8. The van der Waals surface area contributed by atoms with Crippen molar-refractivity contribution in [2.24, 2.45) is 0 Å². The van der Waals surface area contributed by atoms with E-state index in [1.807, 2.05) is 62.4 Å². The van der Waals surface area contributed by atoms with Crippen LogP contribution in [0.5, 0.6) is 5.75 Å². The second-order valence-electron chi connectivity index (χ2n) is 11.5. The number of pyridine rings is 1. The average Bonchev–Trinajstić information content (AvgIpc) is 3.40. The van der Waals surface area contributed by atoms with Gasteiger partial charge in [0.05, 0.1) is 37.2 Å². The molecule has 11 heteroatoms. The Labute approximate surface area is 280 Å². The molecule has 48 heavy (non-hydrogen) atoms. The quantitative estimate of drug-likeness (QED) is 0.204. The van der Waals surface area contributed by atoms with Crippen molar-refractivity contribution < 1.29 is 28.3 Å². The van der Waals surface area contributed by atoms with Gasteiger partial charge in [0.15, 0.2) is 5.76 Å². The SMILES string of the molecule is C=C(/C=C\c1oc(C(=O)Nc2ccc(N3CCN(C(=O)NC4CC=CC=C4C(=O)OCC)CC3)nc2)c(C)c1C)c1ccc(OC)cc1. The van der Waals surface area contributed by atoms with Gasteiger partial charge in [-0.05, 0) is 80.3 Å². The lowest BCUT2D eigenvalue weighted by Crippen LogP contribution is -2.54. The molecule has 0 radical (unpaired) electrons. The van der Waals surface area contributed by atoms with Crippen LogP contribution in [0.25, 0.3) is 11.6 Å². The molecule has 0 bridgehead atoms. The molecule has 3 amide bonds. The van der Waals surface area contributed by atoms with Crippen molar-refractivity contribution in [3.8, 4) is 5.75 Å². The number of methoxy groups -OCH3 is 1. The van der Waals surface area contributed by atoms with Gasteiger partial charge in [-0.15, -0.1) is 0 Å². The predicted octanol–water partition coefficient (Wildman–Crippen LogP) is 5.93. The first-order valence-corrected chi connectivity index (χ1v) is 15.9. The summed E-state index contributed by atoms with van der Waals surface area (Å²) in [6.45, 7) is 12.1. The lowest BCUT2D eigenvalue weighted by Gasteiger charge is -2.36.